The molecule has 1 heterocycles. The van der Waals surface area contributed by atoms with Gasteiger partial charge < -0.3 is 10.4 Å². The first kappa shape index (κ1) is 10.8. The van der Waals surface area contributed by atoms with Crippen molar-refractivity contribution in [3.63, 3.8) is 0 Å². The molecule has 2 aliphatic rings. The molecule has 0 radical (unpaired) electrons. The smallest absolute Gasteiger partial charge is 0.320 e. The maximum Gasteiger partial charge on any atom is 0.320 e. The molecule has 3 nitrogen and oxygen atoms in total. The molecule has 86 valence electrons. The van der Waals surface area contributed by atoms with Crippen LogP contribution in [0.15, 0.2) is 0 Å². The minimum absolute atomic E-state index is 0.157. The van der Waals surface area contributed by atoms with Crippen LogP contribution in [0.4, 0.5) is 8.78 Å². The van der Waals surface area contributed by atoms with Gasteiger partial charge in [-0.15, -0.1) is 0 Å². The average Bonchev–Trinajstić information content (AvgIpc) is 2.49. The highest BCUT2D eigenvalue weighted by atomic mass is 19.3. The molecule has 15 heavy (non-hydrogen) atoms. The number of hydrogen-bond donors (Lipinski definition) is 2. The molecule has 2 rings (SSSR count). The first-order valence-corrected chi connectivity index (χ1v) is 5.25. The standard InChI is InChI=1S/C10H15F2NO2/c1-2-7-9(4-10(7,11)12)3-6(8(14)15)13-5-9/h6-7,13H,2-5H2,1H3,(H,14,15)/t6-,7?,9?/m0/s1. The van der Waals surface area contributed by atoms with Crippen molar-refractivity contribution in [2.75, 3.05) is 6.54 Å². The summed E-state index contributed by atoms with van der Waals surface area (Å²) < 4.78 is 26.5. The monoisotopic (exact) mass is 219 g/mol. The van der Waals surface area contributed by atoms with Crippen molar-refractivity contribution < 1.29 is 18.7 Å². The third-order valence-electron chi connectivity index (χ3n) is 3.85. The topological polar surface area (TPSA) is 49.3 Å². The lowest BCUT2D eigenvalue weighted by Crippen LogP contribution is -2.57. The average molecular weight is 219 g/mol. The molecule has 3 atom stereocenters. The highest BCUT2D eigenvalue weighted by Crippen LogP contribution is 2.61. The third-order valence-corrected chi connectivity index (χ3v) is 3.85. The van der Waals surface area contributed by atoms with E-state index in [1.54, 1.807) is 6.92 Å². The number of halogens is 2. The van der Waals surface area contributed by atoms with Crippen molar-refractivity contribution in [2.45, 2.75) is 38.2 Å². The van der Waals surface area contributed by atoms with Gasteiger partial charge in [-0.3, -0.25) is 4.79 Å². The number of carbonyl (C=O) groups is 1. The Morgan fingerprint density at radius 3 is 2.67 bits per heavy atom. The fraction of sp³-hybridized carbons (Fsp3) is 0.900. The van der Waals surface area contributed by atoms with Gasteiger partial charge in [-0.25, -0.2) is 8.78 Å². The van der Waals surface area contributed by atoms with E-state index in [2.05, 4.69) is 5.32 Å². The van der Waals surface area contributed by atoms with Crippen LogP contribution in [0.5, 0.6) is 0 Å². The van der Waals surface area contributed by atoms with Gasteiger partial charge in [-0.2, -0.15) is 0 Å². The summed E-state index contributed by atoms with van der Waals surface area (Å²) in [6, 6.07) is -0.643. The van der Waals surface area contributed by atoms with Crippen LogP contribution >= 0.6 is 0 Å². The Labute approximate surface area is 86.8 Å². The van der Waals surface area contributed by atoms with Gasteiger partial charge in [0.2, 0.25) is 0 Å². The molecule has 1 saturated carbocycles. The number of rotatable bonds is 2. The molecule has 2 N–H and O–H groups in total. The maximum absolute atomic E-state index is 13.3. The lowest BCUT2D eigenvalue weighted by atomic mass is 9.55. The second kappa shape index (κ2) is 3.14. The van der Waals surface area contributed by atoms with E-state index in [4.69, 9.17) is 5.11 Å². The van der Waals surface area contributed by atoms with Crippen molar-refractivity contribution >= 4 is 5.97 Å². The summed E-state index contributed by atoms with van der Waals surface area (Å²) in [6.45, 7) is 2.16. The van der Waals surface area contributed by atoms with Crippen LogP contribution in [0.25, 0.3) is 0 Å². The first-order chi connectivity index (χ1) is 6.91. The van der Waals surface area contributed by atoms with Crippen molar-refractivity contribution in [2.24, 2.45) is 11.3 Å². The Balaban J connectivity index is 2.09. The second-order valence-corrected chi connectivity index (χ2v) is 4.74. The zero-order valence-electron chi connectivity index (χ0n) is 8.59. The molecule has 1 aliphatic heterocycles. The van der Waals surface area contributed by atoms with Crippen LogP contribution in [-0.4, -0.2) is 29.6 Å². The van der Waals surface area contributed by atoms with Gasteiger partial charge in [-0.1, -0.05) is 6.92 Å². The molecule has 0 aromatic rings. The SMILES string of the molecule is CCC1C(F)(F)CC12CN[C@H](C(=O)O)C2. The number of nitrogens with one attached hydrogen (secondary N) is 1. The van der Waals surface area contributed by atoms with E-state index in [-0.39, 0.29) is 6.42 Å². The van der Waals surface area contributed by atoms with Crippen molar-refractivity contribution in [1.82, 2.24) is 5.32 Å². The van der Waals surface area contributed by atoms with Crippen LogP contribution in [-0.2, 0) is 4.79 Å². The number of alkyl halides is 2. The van der Waals surface area contributed by atoms with Gasteiger partial charge in [-0.05, 0) is 18.3 Å². The molecular formula is C10H15F2NO2. The summed E-state index contributed by atoms with van der Waals surface area (Å²) in [5.41, 5.74) is -0.471. The Kier molecular flexibility index (Phi) is 2.26. The Morgan fingerprint density at radius 2 is 2.27 bits per heavy atom. The fourth-order valence-corrected chi connectivity index (χ4v) is 3.22. The molecule has 0 aromatic carbocycles. The van der Waals surface area contributed by atoms with Gasteiger partial charge in [0.05, 0.1) is 0 Å². The van der Waals surface area contributed by atoms with E-state index < -0.39 is 29.3 Å². The molecule has 2 fully saturated rings. The summed E-state index contributed by atoms with van der Waals surface area (Å²) in [7, 11) is 0. The minimum Gasteiger partial charge on any atom is -0.480 e. The van der Waals surface area contributed by atoms with Gasteiger partial charge in [0.15, 0.2) is 0 Å². The Hall–Kier alpha value is -0.710. The predicted molar refractivity (Wildman–Crippen MR) is 49.8 cm³/mol. The molecule has 0 amide bonds. The summed E-state index contributed by atoms with van der Waals surface area (Å²) in [4.78, 5) is 10.7. The molecule has 0 aromatic heterocycles. The minimum atomic E-state index is -2.59. The lowest BCUT2D eigenvalue weighted by molar-refractivity contribution is -0.219. The van der Waals surface area contributed by atoms with Crippen LogP contribution < -0.4 is 5.32 Å². The van der Waals surface area contributed by atoms with Crippen LogP contribution in [0.2, 0.25) is 0 Å². The van der Waals surface area contributed by atoms with Gasteiger partial charge in [0.1, 0.15) is 6.04 Å². The molecule has 0 bridgehead atoms. The molecule has 1 saturated heterocycles. The Morgan fingerprint density at radius 1 is 1.60 bits per heavy atom. The molecule has 5 heteroatoms. The number of carboxylic acid groups (broad SMARTS) is 1. The van der Waals surface area contributed by atoms with Crippen LogP contribution in [0, 0.1) is 11.3 Å². The van der Waals surface area contributed by atoms with Crippen molar-refractivity contribution in [3.8, 4) is 0 Å². The largest absolute Gasteiger partial charge is 0.480 e. The van der Waals surface area contributed by atoms with E-state index in [0.717, 1.165) is 0 Å². The van der Waals surface area contributed by atoms with E-state index in [9.17, 15) is 13.6 Å². The van der Waals surface area contributed by atoms with Crippen LogP contribution in [0.1, 0.15) is 26.2 Å². The van der Waals surface area contributed by atoms with Gasteiger partial charge >= 0.3 is 5.97 Å². The van der Waals surface area contributed by atoms with Crippen LogP contribution in [0.3, 0.4) is 0 Å². The molecule has 2 unspecified atom stereocenters. The predicted octanol–water partition coefficient (Wildman–Crippen LogP) is 1.48. The number of hydrogen-bond acceptors (Lipinski definition) is 2. The zero-order valence-corrected chi connectivity index (χ0v) is 8.59. The summed E-state index contributed by atoms with van der Waals surface area (Å²) in [5, 5.41) is 11.6. The molecule has 1 aliphatic carbocycles. The van der Waals surface area contributed by atoms with E-state index in [1.165, 1.54) is 0 Å². The number of carboxylic acids is 1. The maximum atomic E-state index is 13.3. The summed E-state index contributed by atoms with van der Waals surface area (Å²) in [6.07, 6.45) is 0.604. The van der Waals surface area contributed by atoms with E-state index in [0.29, 0.717) is 19.4 Å². The lowest BCUT2D eigenvalue weighted by Gasteiger charge is -2.52. The first-order valence-electron chi connectivity index (χ1n) is 5.25. The molecule has 1 spiro atoms. The van der Waals surface area contributed by atoms with Gasteiger partial charge in [0, 0.05) is 18.9 Å². The zero-order chi connectivity index (χ0) is 11.3. The normalized spacial score (nSPS) is 42.9. The number of aliphatic carboxylic acids is 1. The fourth-order valence-electron chi connectivity index (χ4n) is 3.22. The van der Waals surface area contributed by atoms with E-state index >= 15 is 0 Å². The highest BCUT2D eigenvalue weighted by Gasteiger charge is 2.66. The van der Waals surface area contributed by atoms with Crippen molar-refractivity contribution in [3.05, 3.63) is 0 Å². The highest BCUT2D eigenvalue weighted by molar-refractivity contribution is 5.74. The molecular weight excluding hydrogens is 204 g/mol. The Bertz CT molecular complexity index is 295. The van der Waals surface area contributed by atoms with Gasteiger partial charge in [0.25, 0.3) is 5.92 Å². The van der Waals surface area contributed by atoms with E-state index in [1.807, 2.05) is 0 Å². The third kappa shape index (κ3) is 1.44. The summed E-state index contributed by atoms with van der Waals surface area (Å²) in [5.74, 6) is -4.18. The van der Waals surface area contributed by atoms with Crippen molar-refractivity contribution in [1.29, 1.82) is 0 Å². The quantitative estimate of drug-likeness (QED) is 0.739. The summed E-state index contributed by atoms with van der Waals surface area (Å²) >= 11 is 0. The second-order valence-electron chi connectivity index (χ2n) is 4.74.